The third-order valence-corrected chi connectivity index (χ3v) is 4.83. The molecule has 1 aliphatic rings. The molecule has 0 aromatic carbocycles. The summed E-state index contributed by atoms with van der Waals surface area (Å²) in [7, 11) is 1.88. The number of aromatic nitrogens is 4. The molecule has 8 nitrogen and oxygen atoms in total. The molecule has 8 heteroatoms. The Morgan fingerprint density at radius 2 is 1.80 bits per heavy atom. The lowest BCUT2D eigenvalue weighted by Gasteiger charge is -2.37. The van der Waals surface area contributed by atoms with Crippen LogP contribution in [0.5, 0.6) is 0 Å². The van der Waals surface area contributed by atoms with Crippen molar-refractivity contribution in [3.8, 4) is 0 Å². The summed E-state index contributed by atoms with van der Waals surface area (Å²) in [5.41, 5.74) is 2.62. The molecule has 1 saturated heterocycles. The van der Waals surface area contributed by atoms with Gasteiger partial charge in [0, 0.05) is 45.6 Å². The van der Waals surface area contributed by atoms with Crippen molar-refractivity contribution >= 4 is 17.5 Å². The minimum atomic E-state index is -0.196. The summed E-state index contributed by atoms with van der Waals surface area (Å²) in [5, 5.41) is 7.38. The van der Waals surface area contributed by atoms with Crippen LogP contribution in [0.2, 0.25) is 0 Å². The first-order valence-corrected chi connectivity index (χ1v) is 8.54. The molecule has 0 unspecified atom stereocenters. The van der Waals surface area contributed by atoms with Crippen molar-refractivity contribution in [1.82, 2.24) is 24.6 Å². The van der Waals surface area contributed by atoms with Crippen molar-refractivity contribution < 1.29 is 4.79 Å². The number of rotatable bonds is 4. The Balaban J connectivity index is 1.58. The van der Waals surface area contributed by atoms with Crippen LogP contribution in [0.1, 0.15) is 18.3 Å². The van der Waals surface area contributed by atoms with Crippen molar-refractivity contribution in [1.29, 1.82) is 0 Å². The molecule has 3 heterocycles. The molecule has 0 bridgehead atoms. The Morgan fingerprint density at radius 1 is 1.16 bits per heavy atom. The molecule has 2 aromatic rings. The van der Waals surface area contributed by atoms with Crippen LogP contribution in [-0.4, -0.2) is 62.8 Å². The second-order valence-electron chi connectivity index (χ2n) is 6.41. The van der Waals surface area contributed by atoms with Gasteiger partial charge in [0.05, 0.1) is 23.1 Å². The van der Waals surface area contributed by atoms with Gasteiger partial charge in [0.1, 0.15) is 0 Å². The van der Waals surface area contributed by atoms with Gasteiger partial charge in [-0.2, -0.15) is 5.10 Å². The fourth-order valence-corrected chi connectivity index (χ4v) is 3.11. The lowest BCUT2D eigenvalue weighted by Crippen LogP contribution is -2.53. The van der Waals surface area contributed by atoms with Gasteiger partial charge in [0.25, 0.3) is 0 Å². The van der Waals surface area contributed by atoms with Gasteiger partial charge in [-0.25, -0.2) is 9.97 Å². The maximum absolute atomic E-state index is 12.6. The SMILES string of the molecule is Cc1nn(C)c(C)c1NC(=O)[C@@H](C)N1CCN(c2ncccn2)CC1. The number of carbonyl (C=O) groups is 1. The quantitative estimate of drug-likeness (QED) is 0.891. The fraction of sp³-hybridized carbons (Fsp3) is 0.529. The van der Waals surface area contributed by atoms with Crippen LogP contribution in [0.4, 0.5) is 11.6 Å². The minimum Gasteiger partial charge on any atom is -0.338 e. The summed E-state index contributed by atoms with van der Waals surface area (Å²) in [6.45, 7) is 9.05. The zero-order chi connectivity index (χ0) is 18.0. The standard InChI is InChI=1S/C17H25N7O/c1-12-15(13(2)22(4)21-12)20-16(25)14(3)23-8-10-24(11-9-23)17-18-6-5-7-19-17/h5-7,14H,8-11H2,1-4H3,(H,20,25)/t14-/m1/s1. The first-order chi connectivity index (χ1) is 12.0. The van der Waals surface area contributed by atoms with Crippen LogP contribution in [0.25, 0.3) is 0 Å². The maximum Gasteiger partial charge on any atom is 0.241 e. The summed E-state index contributed by atoms with van der Waals surface area (Å²) in [5.74, 6) is 0.754. The molecule has 25 heavy (non-hydrogen) atoms. The first-order valence-electron chi connectivity index (χ1n) is 8.54. The molecule has 1 aliphatic heterocycles. The molecule has 134 valence electrons. The molecule has 0 aliphatic carbocycles. The van der Waals surface area contributed by atoms with Gasteiger partial charge in [-0.1, -0.05) is 0 Å². The summed E-state index contributed by atoms with van der Waals surface area (Å²) in [4.78, 5) is 25.6. The van der Waals surface area contributed by atoms with Gasteiger partial charge in [-0.15, -0.1) is 0 Å². The minimum absolute atomic E-state index is 0.00334. The lowest BCUT2D eigenvalue weighted by atomic mass is 10.2. The number of carbonyl (C=O) groups excluding carboxylic acids is 1. The second-order valence-corrected chi connectivity index (χ2v) is 6.41. The Bertz CT molecular complexity index is 735. The second kappa shape index (κ2) is 7.18. The first kappa shape index (κ1) is 17.3. The fourth-order valence-electron chi connectivity index (χ4n) is 3.11. The topological polar surface area (TPSA) is 79.2 Å². The lowest BCUT2D eigenvalue weighted by molar-refractivity contribution is -0.120. The van der Waals surface area contributed by atoms with E-state index in [1.54, 1.807) is 17.1 Å². The highest BCUT2D eigenvalue weighted by atomic mass is 16.2. The summed E-state index contributed by atoms with van der Waals surface area (Å²) in [6, 6.07) is 1.62. The number of nitrogens with one attached hydrogen (secondary N) is 1. The molecule has 1 atom stereocenters. The van der Waals surface area contributed by atoms with E-state index in [1.807, 2.05) is 33.9 Å². The molecule has 1 fully saturated rings. The van der Waals surface area contributed by atoms with Crippen molar-refractivity contribution in [2.45, 2.75) is 26.8 Å². The number of anilines is 2. The van der Waals surface area contributed by atoms with Crippen molar-refractivity contribution in [2.75, 3.05) is 36.4 Å². The number of hydrogen-bond donors (Lipinski definition) is 1. The van der Waals surface area contributed by atoms with E-state index < -0.39 is 0 Å². The Hall–Kier alpha value is -2.48. The smallest absolute Gasteiger partial charge is 0.241 e. The summed E-state index contributed by atoms with van der Waals surface area (Å²) < 4.78 is 1.79. The third kappa shape index (κ3) is 3.63. The van der Waals surface area contributed by atoms with E-state index in [2.05, 4.69) is 30.2 Å². The average Bonchev–Trinajstić information content (AvgIpc) is 2.88. The molecular formula is C17H25N7O. The van der Waals surface area contributed by atoms with E-state index in [-0.39, 0.29) is 11.9 Å². The predicted molar refractivity (Wildman–Crippen MR) is 96.6 cm³/mol. The van der Waals surface area contributed by atoms with Gasteiger partial charge in [0.15, 0.2) is 0 Å². The Morgan fingerprint density at radius 3 is 2.36 bits per heavy atom. The number of hydrogen-bond acceptors (Lipinski definition) is 6. The van der Waals surface area contributed by atoms with Crippen LogP contribution in [-0.2, 0) is 11.8 Å². The molecule has 1 amide bonds. The van der Waals surface area contributed by atoms with Gasteiger partial charge in [-0.05, 0) is 26.8 Å². The van der Waals surface area contributed by atoms with E-state index >= 15 is 0 Å². The molecule has 0 saturated carbocycles. The van der Waals surface area contributed by atoms with Crippen LogP contribution >= 0.6 is 0 Å². The summed E-state index contributed by atoms with van der Waals surface area (Å²) in [6.07, 6.45) is 3.51. The highest BCUT2D eigenvalue weighted by molar-refractivity contribution is 5.95. The third-order valence-electron chi connectivity index (χ3n) is 4.83. The van der Waals surface area contributed by atoms with E-state index in [9.17, 15) is 4.79 Å². The Kier molecular flexibility index (Phi) is 4.98. The zero-order valence-electron chi connectivity index (χ0n) is 15.2. The predicted octanol–water partition coefficient (Wildman–Crippen LogP) is 0.976. The van der Waals surface area contributed by atoms with Crippen LogP contribution < -0.4 is 10.2 Å². The van der Waals surface area contributed by atoms with E-state index in [1.165, 1.54) is 0 Å². The van der Waals surface area contributed by atoms with Crippen molar-refractivity contribution in [3.63, 3.8) is 0 Å². The van der Waals surface area contributed by atoms with Crippen molar-refractivity contribution in [3.05, 3.63) is 29.8 Å². The highest BCUT2D eigenvalue weighted by Crippen LogP contribution is 2.19. The number of aryl methyl sites for hydroxylation is 2. The number of amides is 1. The normalized spacial score (nSPS) is 16.7. The highest BCUT2D eigenvalue weighted by Gasteiger charge is 2.27. The molecule has 0 radical (unpaired) electrons. The average molecular weight is 343 g/mol. The summed E-state index contributed by atoms with van der Waals surface area (Å²) >= 11 is 0. The number of nitrogens with zero attached hydrogens (tertiary/aromatic N) is 6. The van der Waals surface area contributed by atoms with Gasteiger partial charge < -0.3 is 10.2 Å². The molecular weight excluding hydrogens is 318 g/mol. The zero-order valence-corrected chi connectivity index (χ0v) is 15.2. The van der Waals surface area contributed by atoms with Gasteiger partial charge >= 0.3 is 0 Å². The Labute approximate surface area is 147 Å². The molecule has 1 N–H and O–H groups in total. The van der Waals surface area contributed by atoms with E-state index in [0.29, 0.717) is 0 Å². The van der Waals surface area contributed by atoms with Crippen LogP contribution in [0.3, 0.4) is 0 Å². The number of piperazine rings is 1. The van der Waals surface area contributed by atoms with Gasteiger partial charge in [-0.3, -0.25) is 14.4 Å². The monoisotopic (exact) mass is 343 g/mol. The van der Waals surface area contributed by atoms with Gasteiger partial charge in [0.2, 0.25) is 11.9 Å². The van der Waals surface area contributed by atoms with Crippen LogP contribution in [0, 0.1) is 13.8 Å². The molecule has 0 spiro atoms. The van der Waals surface area contributed by atoms with E-state index in [0.717, 1.165) is 49.2 Å². The largest absolute Gasteiger partial charge is 0.338 e. The van der Waals surface area contributed by atoms with Crippen molar-refractivity contribution in [2.24, 2.45) is 7.05 Å². The maximum atomic E-state index is 12.6. The molecule has 2 aromatic heterocycles. The molecule has 3 rings (SSSR count). The van der Waals surface area contributed by atoms with Crippen LogP contribution in [0.15, 0.2) is 18.5 Å². The van der Waals surface area contributed by atoms with E-state index in [4.69, 9.17) is 0 Å².